The van der Waals surface area contributed by atoms with E-state index in [9.17, 15) is 14.4 Å². The molecule has 0 radical (unpaired) electrons. The van der Waals surface area contributed by atoms with E-state index < -0.39 is 23.8 Å². The summed E-state index contributed by atoms with van der Waals surface area (Å²) < 4.78 is 0. The van der Waals surface area contributed by atoms with Crippen LogP contribution >= 0.6 is 11.6 Å². The van der Waals surface area contributed by atoms with Crippen LogP contribution in [0.2, 0.25) is 5.02 Å². The number of carboxylic acid groups (broad SMARTS) is 1. The van der Waals surface area contributed by atoms with Gasteiger partial charge in [0.25, 0.3) is 0 Å². The average Bonchev–Trinajstić information content (AvgIpc) is 2.60. The zero-order valence-electron chi connectivity index (χ0n) is 14.7. The van der Waals surface area contributed by atoms with E-state index in [0.717, 1.165) is 16.7 Å². The first kappa shape index (κ1) is 20.5. The Morgan fingerprint density at radius 2 is 1.74 bits per heavy atom. The third-order valence-corrected chi connectivity index (χ3v) is 4.21. The molecular formula is C20H21ClN2O4. The maximum atomic E-state index is 11.9. The van der Waals surface area contributed by atoms with Crippen LogP contribution in [0.3, 0.4) is 0 Å². The van der Waals surface area contributed by atoms with Gasteiger partial charge in [0.15, 0.2) is 0 Å². The summed E-state index contributed by atoms with van der Waals surface area (Å²) in [6.45, 7) is 0. The molecule has 27 heavy (non-hydrogen) atoms. The van der Waals surface area contributed by atoms with Gasteiger partial charge in [0.2, 0.25) is 11.8 Å². The molecule has 0 saturated heterocycles. The molecule has 2 amide bonds. The lowest BCUT2D eigenvalue weighted by Gasteiger charge is -2.17. The minimum absolute atomic E-state index is 0.0564. The van der Waals surface area contributed by atoms with Crippen LogP contribution in [-0.2, 0) is 20.8 Å². The lowest BCUT2D eigenvalue weighted by atomic mass is 9.99. The first-order valence-electron chi connectivity index (χ1n) is 8.48. The number of carbonyl (C=O) groups excluding carboxylic acids is 2. The molecule has 2 aromatic rings. The summed E-state index contributed by atoms with van der Waals surface area (Å²) in [7, 11) is 0. The van der Waals surface area contributed by atoms with Gasteiger partial charge in [0.05, 0.1) is 6.42 Å². The fourth-order valence-corrected chi connectivity index (χ4v) is 2.90. The van der Waals surface area contributed by atoms with Gasteiger partial charge < -0.3 is 16.2 Å². The molecule has 4 N–H and O–H groups in total. The Hall–Kier alpha value is -2.86. The van der Waals surface area contributed by atoms with E-state index >= 15 is 0 Å². The van der Waals surface area contributed by atoms with Crippen molar-refractivity contribution in [1.29, 1.82) is 0 Å². The van der Waals surface area contributed by atoms with Gasteiger partial charge in [-0.25, -0.2) is 0 Å². The maximum Gasteiger partial charge on any atom is 0.305 e. The van der Waals surface area contributed by atoms with Crippen molar-refractivity contribution in [2.24, 2.45) is 5.73 Å². The SMILES string of the molecule is NC(=O)CCC(=O)NC(CC(=O)O)Cc1ccc(-c2cccc(Cl)c2)cc1. The van der Waals surface area contributed by atoms with Crippen molar-refractivity contribution >= 4 is 29.4 Å². The van der Waals surface area contributed by atoms with Crippen LogP contribution in [0.15, 0.2) is 48.5 Å². The molecule has 0 saturated carbocycles. The fourth-order valence-electron chi connectivity index (χ4n) is 2.71. The highest BCUT2D eigenvalue weighted by Gasteiger charge is 2.17. The van der Waals surface area contributed by atoms with Crippen molar-refractivity contribution in [2.75, 3.05) is 0 Å². The van der Waals surface area contributed by atoms with Crippen molar-refractivity contribution < 1.29 is 19.5 Å². The van der Waals surface area contributed by atoms with E-state index in [1.807, 2.05) is 42.5 Å². The molecule has 0 aromatic heterocycles. The number of rotatable bonds is 9. The Kier molecular flexibility index (Phi) is 7.37. The molecule has 0 spiro atoms. The van der Waals surface area contributed by atoms with Gasteiger partial charge in [-0.05, 0) is 35.2 Å². The van der Waals surface area contributed by atoms with Gasteiger partial charge in [-0.1, -0.05) is 48.0 Å². The molecule has 0 aliphatic rings. The van der Waals surface area contributed by atoms with Crippen molar-refractivity contribution in [3.8, 4) is 11.1 Å². The molecule has 7 heteroatoms. The molecule has 0 aliphatic carbocycles. The van der Waals surface area contributed by atoms with E-state index in [0.29, 0.717) is 11.4 Å². The topological polar surface area (TPSA) is 109 Å². The van der Waals surface area contributed by atoms with Crippen molar-refractivity contribution in [1.82, 2.24) is 5.32 Å². The summed E-state index contributed by atoms with van der Waals surface area (Å²) >= 11 is 6.01. The lowest BCUT2D eigenvalue weighted by molar-refractivity contribution is -0.137. The highest BCUT2D eigenvalue weighted by molar-refractivity contribution is 6.30. The first-order chi connectivity index (χ1) is 12.8. The maximum absolute atomic E-state index is 11.9. The number of hydrogen-bond donors (Lipinski definition) is 3. The number of amides is 2. The predicted octanol–water partition coefficient (Wildman–Crippen LogP) is 2.77. The van der Waals surface area contributed by atoms with Gasteiger partial charge in [-0.3, -0.25) is 14.4 Å². The average molecular weight is 389 g/mol. The second-order valence-electron chi connectivity index (χ2n) is 6.24. The summed E-state index contributed by atoms with van der Waals surface area (Å²) in [6.07, 6.45) is 0.0297. The number of carbonyl (C=O) groups is 3. The number of aliphatic carboxylic acids is 1. The van der Waals surface area contributed by atoms with Crippen LogP contribution in [0.5, 0.6) is 0 Å². The Bertz CT molecular complexity index is 821. The molecule has 0 heterocycles. The smallest absolute Gasteiger partial charge is 0.305 e. The zero-order valence-corrected chi connectivity index (χ0v) is 15.4. The normalized spacial score (nSPS) is 11.6. The summed E-state index contributed by atoms with van der Waals surface area (Å²) in [5.74, 6) is -1.97. The molecular weight excluding hydrogens is 368 g/mol. The van der Waals surface area contributed by atoms with E-state index in [2.05, 4.69) is 5.32 Å². The van der Waals surface area contributed by atoms with Crippen LogP contribution in [0, 0.1) is 0 Å². The number of hydrogen-bond acceptors (Lipinski definition) is 3. The third-order valence-electron chi connectivity index (χ3n) is 3.98. The van der Waals surface area contributed by atoms with E-state index in [-0.39, 0.29) is 19.3 Å². The number of carboxylic acids is 1. The second kappa shape index (κ2) is 9.73. The van der Waals surface area contributed by atoms with Crippen LogP contribution in [-0.4, -0.2) is 28.9 Å². The molecule has 0 aliphatic heterocycles. The highest BCUT2D eigenvalue weighted by atomic mass is 35.5. The number of benzene rings is 2. The Balaban J connectivity index is 2.04. The molecule has 0 fully saturated rings. The summed E-state index contributed by atoms with van der Waals surface area (Å²) in [4.78, 5) is 33.7. The number of nitrogens with two attached hydrogens (primary N) is 1. The minimum Gasteiger partial charge on any atom is -0.481 e. The standard InChI is InChI=1S/C20H21ClN2O4/c21-16-3-1-2-15(11-16)14-6-4-13(5-7-14)10-17(12-20(26)27)23-19(25)9-8-18(22)24/h1-7,11,17H,8-10,12H2,(H2,22,24)(H,23,25)(H,26,27). The Labute approximate surface area is 162 Å². The van der Waals surface area contributed by atoms with Gasteiger partial charge in [0, 0.05) is 23.9 Å². The number of primary amides is 1. The van der Waals surface area contributed by atoms with Crippen LogP contribution in [0.25, 0.3) is 11.1 Å². The first-order valence-corrected chi connectivity index (χ1v) is 8.85. The van der Waals surface area contributed by atoms with E-state index in [1.165, 1.54) is 0 Å². The molecule has 2 aromatic carbocycles. The zero-order chi connectivity index (χ0) is 19.8. The highest BCUT2D eigenvalue weighted by Crippen LogP contribution is 2.23. The van der Waals surface area contributed by atoms with Crippen molar-refractivity contribution in [2.45, 2.75) is 31.7 Å². The molecule has 1 atom stereocenters. The molecule has 2 rings (SSSR count). The van der Waals surface area contributed by atoms with Gasteiger partial charge in [-0.2, -0.15) is 0 Å². The van der Waals surface area contributed by atoms with Crippen LogP contribution in [0.1, 0.15) is 24.8 Å². The minimum atomic E-state index is -1.01. The van der Waals surface area contributed by atoms with Crippen LogP contribution in [0.4, 0.5) is 0 Å². The van der Waals surface area contributed by atoms with Gasteiger partial charge >= 0.3 is 5.97 Å². The molecule has 6 nitrogen and oxygen atoms in total. The molecule has 0 bridgehead atoms. The number of halogens is 1. The van der Waals surface area contributed by atoms with Crippen molar-refractivity contribution in [3.05, 3.63) is 59.1 Å². The summed E-state index contributed by atoms with van der Waals surface area (Å²) in [6, 6.07) is 14.5. The second-order valence-corrected chi connectivity index (χ2v) is 6.68. The quantitative estimate of drug-likeness (QED) is 0.613. The van der Waals surface area contributed by atoms with Crippen molar-refractivity contribution in [3.63, 3.8) is 0 Å². The fraction of sp³-hybridized carbons (Fsp3) is 0.250. The Morgan fingerprint density at radius 3 is 2.33 bits per heavy atom. The predicted molar refractivity (Wildman–Crippen MR) is 103 cm³/mol. The van der Waals surface area contributed by atoms with Gasteiger partial charge in [-0.15, -0.1) is 0 Å². The van der Waals surface area contributed by atoms with E-state index in [1.54, 1.807) is 6.07 Å². The summed E-state index contributed by atoms with van der Waals surface area (Å²) in [5, 5.41) is 12.4. The van der Waals surface area contributed by atoms with Gasteiger partial charge in [0.1, 0.15) is 0 Å². The largest absolute Gasteiger partial charge is 0.481 e. The monoisotopic (exact) mass is 388 g/mol. The lowest BCUT2D eigenvalue weighted by Crippen LogP contribution is -2.38. The Morgan fingerprint density at radius 1 is 1.04 bits per heavy atom. The van der Waals surface area contributed by atoms with E-state index in [4.69, 9.17) is 22.4 Å². The third kappa shape index (κ3) is 7.11. The molecule has 1 unspecified atom stereocenters. The molecule has 142 valence electrons. The number of nitrogens with one attached hydrogen (secondary N) is 1. The summed E-state index contributed by atoms with van der Waals surface area (Å²) in [5.41, 5.74) is 7.89. The van der Waals surface area contributed by atoms with Crippen LogP contribution < -0.4 is 11.1 Å².